The molecule has 2 unspecified atom stereocenters. The molecule has 0 spiro atoms. The minimum atomic E-state index is -3.14. The van der Waals surface area contributed by atoms with Crippen molar-refractivity contribution in [1.82, 2.24) is 0 Å². The van der Waals surface area contributed by atoms with Gasteiger partial charge in [-0.05, 0) is 0 Å². The zero-order chi connectivity index (χ0) is 21.4. The predicted octanol–water partition coefficient (Wildman–Crippen LogP) is 9.74. The summed E-state index contributed by atoms with van der Waals surface area (Å²) < 4.78 is 7.53. The number of unbranched alkanes of at least 4 members (excludes halogenated alkanes) is 2. The van der Waals surface area contributed by atoms with Crippen molar-refractivity contribution in [3.8, 4) is 0 Å². The number of allylic oxidation sites excluding steroid dienone is 8. The largest absolute Gasteiger partial charge is 0.147 e. The van der Waals surface area contributed by atoms with E-state index in [0.29, 0.717) is 0 Å². The number of hydrogen-bond donors (Lipinski definition) is 0. The Hall–Kier alpha value is 0.640. The van der Waals surface area contributed by atoms with E-state index in [1.165, 1.54) is 89.9 Å². The van der Waals surface area contributed by atoms with Crippen LogP contribution in [0.2, 0.25) is 16.5 Å². The van der Waals surface area contributed by atoms with Gasteiger partial charge < -0.3 is 0 Å². The first-order chi connectivity index (χ1) is 14.4. The van der Waals surface area contributed by atoms with E-state index in [9.17, 15) is 0 Å². The van der Waals surface area contributed by atoms with Gasteiger partial charge in [0.1, 0.15) is 0 Å². The Morgan fingerprint density at radius 1 is 0.719 bits per heavy atom. The fraction of sp³-hybridized carbons (Fsp3) is 0.714. The Morgan fingerprint density at radius 2 is 1.09 bits per heavy atom. The molecule has 0 saturated carbocycles. The van der Waals surface area contributed by atoms with Crippen molar-refractivity contribution in [2.24, 2.45) is 0 Å². The third kappa shape index (κ3) is 5.39. The third-order valence-corrected chi connectivity index (χ3v) is 26.5. The third-order valence-electron chi connectivity index (χ3n) is 8.80. The molecule has 4 heteroatoms. The van der Waals surface area contributed by atoms with Gasteiger partial charge in [0.05, 0.1) is 0 Å². The van der Waals surface area contributed by atoms with Crippen LogP contribution >= 0.6 is 24.8 Å². The summed E-state index contributed by atoms with van der Waals surface area (Å²) in [6.07, 6.45) is 24.9. The molecule has 182 valence electrons. The Morgan fingerprint density at radius 3 is 1.47 bits per heavy atom. The summed E-state index contributed by atoms with van der Waals surface area (Å²) in [5.74, 6) is 0. The van der Waals surface area contributed by atoms with Crippen LogP contribution in [0.1, 0.15) is 104 Å². The van der Waals surface area contributed by atoms with Gasteiger partial charge in [-0.2, -0.15) is 0 Å². The monoisotopic (exact) mass is 572 g/mol. The van der Waals surface area contributed by atoms with Crippen molar-refractivity contribution in [1.29, 1.82) is 0 Å². The van der Waals surface area contributed by atoms with Crippen LogP contribution in [0.3, 0.4) is 0 Å². The van der Waals surface area contributed by atoms with E-state index >= 15 is 0 Å². The second kappa shape index (κ2) is 11.6. The molecular weight excluding hydrogens is 527 g/mol. The summed E-state index contributed by atoms with van der Waals surface area (Å²) in [5.41, 5.74) is 11.2. The van der Waals surface area contributed by atoms with Crippen LogP contribution < -0.4 is 0 Å². The average molecular weight is 575 g/mol. The van der Waals surface area contributed by atoms with Crippen molar-refractivity contribution in [3.05, 3.63) is 45.6 Å². The number of hydrogen-bond acceptors (Lipinski definition) is 0. The van der Waals surface area contributed by atoms with Gasteiger partial charge in [-0.25, -0.2) is 0 Å². The summed E-state index contributed by atoms with van der Waals surface area (Å²) in [7, 11) is 0. The van der Waals surface area contributed by atoms with E-state index in [1.54, 1.807) is 11.1 Å². The maximum Gasteiger partial charge on any atom is -0.147 e. The first-order valence-electron chi connectivity index (χ1n) is 13.3. The summed E-state index contributed by atoms with van der Waals surface area (Å²) in [4.78, 5) is 0. The van der Waals surface area contributed by atoms with Gasteiger partial charge in [0.2, 0.25) is 0 Å². The van der Waals surface area contributed by atoms with Gasteiger partial charge in [-0.3, -0.25) is 0 Å². The van der Waals surface area contributed by atoms with Gasteiger partial charge in [-0.15, -0.1) is 24.8 Å². The molecule has 0 aromatic carbocycles. The Kier molecular flexibility index (Phi) is 10.5. The van der Waals surface area contributed by atoms with Gasteiger partial charge >= 0.3 is 190 Å². The smallest absolute Gasteiger partial charge is 0.147 e. The van der Waals surface area contributed by atoms with E-state index < -0.39 is 17.4 Å². The molecular formula is C28H48Cl2SiZr. The first kappa shape index (κ1) is 28.9. The summed E-state index contributed by atoms with van der Waals surface area (Å²) >= 11 is -3.14. The van der Waals surface area contributed by atoms with Crippen LogP contribution in [0.4, 0.5) is 0 Å². The van der Waals surface area contributed by atoms with Gasteiger partial charge in [0, 0.05) is 0 Å². The van der Waals surface area contributed by atoms with Crippen LogP contribution in [0.15, 0.2) is 45.6 Å². The maximum absolute atomic E-state index is 3.14. The van der Waals surface area contributed by atoms with Crippen LogP contribution in [0.5, 0.6) is 0 Å². The van der Waals surface area contributed by atoms with Crippen LogP contribution in [0.25, 0.3) is 0 Å². The van der Waals surface area contributed by atoms with Crippen LogP contribution in [0, 0.1) is 0 Å². The second-order valence-electron chi connectivity index (χ2n) is 12.0. The molecule has 0 aliphatic heterocycles. The van der Waals surface area contributed by atoms with E-state index in [0.717, 1.165) is 7.25 Å². The second-order valence-corrected chi connectivity index (χ2v) is 42.4. The summed E-state index contributed by atoms with van der Waals surface area (Å²) in [6, 6.07) is 0. The topological polar surface area (TPSA) is 0 Å². The molecule has 0 heterocycles. The molecule has 0 aromatic heterocycles. The van der Waals surface area contributed by atoms with E-state index in [4.69, 9.17) is 0 Å². The molecule has 32 heavy (non-hydrogen) atoms. The summed E-state index contributed by atoms with van der Waals surface area (Å²) in [5, 5.41) is 0. The zero-order valence-corrected chi connectivity index (χ0v) is 26.7. The standard InChI is InChI=1S/2C13H19.2CH3.2ClH.H2Si.Zr/c2*1-2-3-6-11-9-12-7-4-5-8-13(12)10-11;;;;;;/h2*9-10H,2-8H2,1H3;2*1H3;2*1H;1H2;. The predicted molar refractivity (Wildman–Crippen MR) is 148 cm³/mol. The zero-order valence-electron chi connectivity index (χ0n) is 21.2. The molecule has 2 atom stereocenters. The molecule has 0 N–H and O–H groups in total. The van der Waals surface area contributed by atoms with Crippen molar-refractivity contribution >= 4 is 31.7 Å². The molecule has 0 amide bonds. The van der Waals surface area contributed by atoms with Crippen LogP contribution in [-0.4, -0.2) is 6.88 Å². The average Bonchev–Trinajstić information content (AvgIpc) is 3.29. The SMILES string of the molecule is CCCCC1=CC2=C(CCCC2)[CH]1[Zr]([CH3])([CH3])(=[SiH2])[CH]1C(CCCC)=CC2=C1CCCC2.Cl.Cl. The first-order valence-corrected chi connectivity index (χ1v) is 27.0. The molecule has 0 fully saturated rings. The van der Waals surface area contributed by atoms with Gasteiger partial charge in [0.25, 0.3) is 0 Å². The molecule has 4 rings (SSSR count). The van der Waals surface area contributed by atoms with Gasteiger partial charge in [0.15, 0.2) is 0 Å². The maximum atomic E-state index is 2.89. The number of halogens is 2. The molecule has 0 nitrogen and oxygen atoms in total. The molecule has 4 aliphatic rings. The molecule has 4 aliphatic carbocycles. The minimum absolute atomic E-state index is 0. The molecule has 0 radical (unpaired) electrons. The Balaban J connectivity index is 0.00000181. The molecule has 0 aromatic rings. The normalized spacial score (nSPS) is 25.5. The Labute approximate surface area is 213 Å². The quantitative estimate of drug-likeness (QED) is 0.253. The van der Waals surface area contributed by atoms with E-state index in [1.807, 2.05) is 22.3 Å². The van der Waals surface area contributed by atoms with Crippen molar-refractivity contribution < 1.29 is 17.4 Å². The van der Waals surface area contributed by atoms with E-state index in [-0.39, 0.29) is 24.8 Å². The Bertz CT molecular complexity index is 817. The van der Waals surface area contributed by atoms with Crippen molar-refractivity contribution in [2.75, 3.05) is 0 Å². The minimum Gasteiger partial charge on any atom is -0.147 e. The van der Waals surface area contributed by atoms with E-state index in [2.05, 4.69) is 42.1 Å². The fourth-order valence-electron chi connectivity index (χ4n) is 7.68. The van der Waals surface area contributed by atoms with Crippen molar-refractivity contribution in [3.63, 3.8) is 0 Å². The molecule has 0 bridgehead atoms. The number of rotatable bonds is 8. The van der Waals surface area contributed by atoms with Crippen molar-refractivity contribution in [2.45, 2.75) is 120 Å². The van der Waals surface area contributed by atoms with Crippen LogP contribution in [-0.2, 0) is 17.4 Å². The van der Waals surface area contributed by atoms with Gasteiger partial charge in [-0.1, -0.05) is 0 Å². The summed E-state index contributed by atoms with van der Waals surface area (Å²) in [6.45, 7) is 7.34. The molecule has 0 saturated heterocycles. The fourth-order valence-corrected chi connectivity index (χ4v) is 28.9.